The van der Waals surface area contributed by atoms with Crippen LogP contribution in [0.1, 0.15) is 0 Å². The van der Waals surface area contributed by atoms with Gasteiger partial charge in [-0.1, -0.05) is 0 Å². The molecule has 0 bridgehead atoms. The lowest BCUT2D eigenvalue weighted by Crippen LogP contribution is -2.35. The molecule has 0 amide bonds. The Hall–Kier alpha value is -0.120. The number of nitrogens with one attached hydrogen (secondary N) is 1. The molecule has 0 aromatic carbocycles. The van der Waals surface area contributed by atoms with Crippen molar-refractivity contribution in [2.45, 2.75) is 12.1 Å². The van der Waals surface area contributed by atoms with E-state index in [1.807, 2.05) is 7.05 Å². The van der Waals surface area contributed by atoms with E-state index in [2.05, 4.69) is 5.32 Å². The van der Waals surface area contributed by atoms with Crippen LogP contribution in [0, 0.1) is 0 Å². The number of ether oxygens (including phenoxy) is 1. The molecule has 3 nitrogen and oxygen atoms in total. The first-order valence-corrected chi connectivity index (χ1v) is 2.77. The zero-order valence-electron chi connectivity index (χ0n) is 4.92. The Balaban J connectivity index is 2.30. The predicted octanol–water partition coefficient (Wildman–Crippen LogP) is -1.03. The Morgan fingerprint density at radius 2 is 2.38 bits per heavy atom. The van der Waals surface area contributed by atoms with Gasteiger partial charge >= 0.3 is 0 Å². The first kappa shape index (κ1) is 6.01. The minimum absolute atomic E-state index is 0.148. The van der Waals surface area contributed by atoms with Crippen molar-refractivity contribution < 1.29 is 9.84 Å². The largest absolute Gasteiger partial charge is 0.389 e. The van der Waals surface area contributed by atoms with E-state index >= 15 is 0 Å². The van der Waals surface area contributed by atoms with Gasteiger partial charge < -0.3 is 15.2 Å². The fourth-order valence-electron chi connectivity index (χ4n) is 0.819. The zero-order valence-corrected chi connectivity index (χ0v) is 4.92. The summed E-state index contributed by atoms with van der Waals surface area (Å²) in [5, 5.41) is 11.9. The molecular formula is C5H11NO2. The number of rotatable bonds is 1. The molecule has 3 heteroatoms. The van der Waals surface area contributed by atoms with Gasteiger partial charge in [0.1, 0.15) is 0 Å². The van der Waals surface area contributed by atoms with Gasteiger partial charge in [0.05, 0.1) is 25.4 Å². The molecule has 0 unspecified atom stereocenters. The highest BCUT2D eigenvalue weighted by Crippen LogP contribution is 2.02. The normalized spacial score (nSPS) is 38.2. The van der Waals surface area contributed by atoms with E-state index in [0.717, 1.165) is 0 Å². The van der Waals surface area contributed by atoms with Crippen molar-refractivity contribution >= 4 is 0 Å². The standard InChI is InChI=1S/C5H11NO2/c1-6-4-2-8-3-5(4)7/h4-7H,2-3H2,1H3/t4-,5+/m0/s1. The quantitative estimate of drug-likeness (QED) is 0.461. The highest BCUT2D eigenvalue weighted by Gasteiger charge is 2.23. The van der Waals surface area contributed by atoms with Crippen LogP contribution in [0.2, 0.25) is 0 Å². The molecule has 1 heterocycles. The molecule has 48 valence electrons. The molecule has 2 N–H and O–H groups in total. The molecular weight excluding hydrogens is 106 g/mol. The van der Waals surface area contributed by atoms with Crippen LogP contribution in [0.25, 0.3) is 0 Å². The summed E-state index contributed by atoms with van der Waals surface area (Å²) in [4.78, 5) is 0. The summed E-state index contributed by atoms with van der Waals surface area (Å²) >= 11 is 0. The zero-order chi connectivity index (χ0) is 5.98. The van der Waals surface area contributed by atoms with Crippen molar-refractivity contribution in [2.24, 2.45) is 0 Å². The second kappa shape index (κ2) is 2.44. The first-order valence-electron chi connectivity index (χ1n) is 2.77. The SMILES string of the molecule is CN[C@H]1COC[C@H]1O. The molecule has 1 aliphatic heterocycles. The lowest BCUT2D eigenvalue weighted by Gasteiger charge is -2.08. The van der Waals surface area contributed by atoms with Crippen LogP contribution in [-0.4, -0.2) is 37.5 Å². The third-order valence-electron chi connectivity index (χ3n) is 1.42. The van der Waals surface area contributed by atoms with Crippen molar-refractivity contribution in [1.29, 1.82) is 0 Å². The monoisotopic (exact) mass is 117 g/mol. The van der Waals surface area contributed by atoms with Crippen LogP contribution in [0.4, 0.5) is 0 Å². The summed E-state index contributed by atoms with van der Waals surface area (Å²) in [6.45, 7) is 1.11. The second-order valence-electron chi connectivity index (χ2n) is 2.00. The third-order valence-corrected chi connectivity index (χ3v) is 1.42. The lowest BCUT2D eigenvalue weighted by atomic mass is 10.2. The summed E-state index contributed by atoms with van der Waals surface area (Å²) in [6.07, 6.45) is -0.306. The number of likely N-dealkylation sites (N-methyl/N-ethyl adjacent to an activating group) is 1. The molecule has 0 aliphatic carbocycles. The Morgan fingerprint density at radius 3 is 2.62 bits per heavy atom. The first-order chi connectivity index (χ1) is 3.84. The van der Waals surface area contributed by atoms with Gasteiger partial charge in [0, 0.05) is 0 Å². The van der Waals surface area contributed by atoms with Crippen molar-refractivity contribution in [3.8, 4) is 0 Å². The maximum Gasteiger partial charge on any atom is 0.0948 e. The molecule has 2 atom stereocenters. The van der Waals surface area contributed by atoms with E-state index in [-0.39, 0.29) is 12.1 Å². The molecule has 0 spiro atoms. The number of hydrogen-bond acceptors (Lipinski definition) is 3. The molecule has 1 aliphatic rings. The van der Waals surface area contributed by atoms with Gasteiger partial charge in [-0.2, -0.15) is 0 Å². The van der Waals surface area contributed by atoms with Gasteiger partial charge in [0.15, 0.2) is 0 Å². The summed E-state index contributed by atoms with van der Waals surface area (Å²) in [5.74, 6) is 0. The Morgan fingerprint density at radius 1 is 1.62 bits per heavy atom. The maximum atomic E-state index is 9.00. The van der Waals surface area contributed by atoms with Gasteiger partial charge in [0.25, 0.3) is 0 Å². The van der Waals surface area contributed by atoms with E-state index in [0.29, 0.717) is 13.2 Å². The van der Waals surface area contributed by atoms with Crippen molar-refractivity contribution in [1.82, 2.24) is 5.32 Å². The predicted molar refractivity (Wildman–Crippen MR) is 29.7 cm³/mol. The van der Waals surface area contributed by atoms with E-state index in [1.165, 1.54) is 0 Å². The van der Waals surface area contributed by atoms with Gasteiger partial charge in [-0.3, -0.25) is 0 Å². The van der Waals surface area contributed by atoms with E-state index in [1.54, 1.807) is 0 Å². The van der Waals surface area contributed by atoms with Crippen LogP contribution in [0.15, 0.2) is 0 Å². The van der Waals surface area contributed by atoms with Crippen LogP contribution < -0.4 is 5.32 Å². The highest BCUT2D eigenvalue weighted by atomic mass is 16.5. The minimum Gasteiger partial charge on any atom is -0.389 e. The van der Waals surface area contributed by atoms with Crippen molar-refractivity contribution in [3.63, 3.8) is 0 Å². The smallest absolute Gasteiger partial charge is 0.0948 e. The minimum atomic E-state index is -0.306. The number of aliphatic hydroxyl groups excluding tert-OH is 1. The van der Waals surface area contributed by atoms with Gasteiger partial charge in [-0.05, 0) is 7.05 Å². The molecule has 0 saturated carbocycles. The van der Waals surface area contributed by atoms with Gasteiger partial charge in [-0.25, -0.2) is 0 Å². The van der Waals surface area contributed by atoms with Crippen LogP contribution in [0.5, 0.6) is 0 Å². The maximum absolute atomic E-state index is 9.00. The average molecular weight is 117 g/mol. The molecule has 0 aromatic heterocycles. The Labute approximate surface area is 48.7 Å². The van der Waals surface area contributed by atoms with Crippen molar-refractivity contribution in [2.75, 3.05) is 20.3 Å². The number of aliphatic hydroxyl groups is 1. The second-order valence-corrected chi connectivity index (χ2v) is 2.00. The summed E-state index contributed by atoms with van der Waals surface area (Å²) in [7, 11) is 1.82. The highest BCUT2D eigenvalue weighted by molar-refractivity contribution is 4.78. The van der Waals surface area contributed by atoms with Crippen LogP contribution in [-0.2, 0) is 4.74 Å². The summed E-state index contributed by atoms with van der Waals surface area (Å²) < 4.78 is 4.95. The van der Waals surface area contributed by atoms with Gasteiger partial charge in [-0.15, -0.1) is 0 Å². The summed E-state index contributed by atoms with van der Waals surface area (Å²) in [5.41, 5.74) is 0. The fourth-order valence-corrected chi connectivity index (χ4v) is 0.819. The van der Waals surface area contributed by atoms with Crippen LogP contribution >= 0.6 is 0 Å². The number of hydrogen-bond donors (Lipinski definition) is 2. The Bertz CT molecular complexity index is 76.8. The topological polar surface area (TPSA) is 41.5 Å². The van der Waals surface area contributed by atoms with Gasteiger partial charge in [0.2, 0.25) is 0 Å². The molecule has 1 saturated heterocycles. The van der Waals surface area contributed by atoms with Crippen molar-refractivity contribution in [3.05, 3.63) is 0 Å². The lowest BCUT2D eigenvalue weighted by molar-refractivity contribution is 0.123. The molecule has 1 fully saturated rings. The van der Waals surface area contributed by atoms with E-state index < -0.39 is 0 Å². The Kier molecular flexibility index (Phi) is 1.83. The van der Waals surface area contributed by atoms with E-state index in [9.17, 15) is 0 Å². The van der Waals surface area contributed by atoms with E-state index in [4.69, 9.17) is 9.84 Å². The van der Waals surface area contributed by atoms with Crippen LogP contribution in [0.3, 0.4) is 0 Å². The molecule has 0 aromatic rings. The molecule has 8 heavy (non-hydrogen) atoms. The molecule has 0 radical (unpaired) electrons. The fraction of sp³-hybridized carbons (Fsp3) is 1.00. The average Bonchev–Trinajstić information content (AvgIpc) is 2.14. The third kappa shape index (κ3) is 0.992. The summed E-state index contributed by atoms with van der Waals surface area (Å²) in [6, 6.07) is 0.148. The molecule has 1 rings (SSSR count).